The van der Waals surface area contributed by atoms with E-state index in [1.165, 1.54) is 30.3 Å². The van der Waals surface area contributed by atoms with Crippen molar-refractivity contribution in [3.05, 3.63) is 75.5 Å². The number of aromatic carboxylic acids is 1. The third-order valence-corrected chi connectivity index (χ3v) is 3.93. The quantitative estimate of drug-likeness (QED) is 0.346. The maximum absolute atomic E-state index is 12.3. The topological polar surface area (TPSA) is 143 Å². The third kappa shape index (κ3) is 3.68. The van der Waals surface area contributed by atoms with Crippen molar-refractivity contribution in [1.29, 1.82) is 0 Å². The van der Waals surface area contributed by atoms with Crippen LogP contribution in [0.1, 0.15) is 26.5 Å². The largest absolute Gasteiger partial charge is 0.507 e. The Bertz CT molecular complexity index is 1100. The highest BCUT2D eigenvalue weighted by atomic mass is 16.6. The molecule has 0 spiro atoms. The molecule has 0 saturated heterocycles. The number of carboxylic acids is 1. The van der Waals surface area contributed by atoms with Crippen LogP contribution < -0.4 is 5.32 Å². The number of carboxylic acid groups (broad SMARTS) is 1. The van der Waals surface area contributed by atoms with Crippen LogP contribution >= 0.6 is 0 Å². The molecule has 142 valence electrons. The smallest absolute Gasteiger partial charge is 0.339 e. The van der Waals surface area contributed by atoms with Crippen LogP contribution in [0, 0.1) is 17.0 Å². The van der Waals surface area contributed by atoms with Gasteiger partial charge in [0.1, 0.15) is 17.1 Å². The number of nitro groups is 1. The first-order valence-electron chi connectivity index (χ1n) is 7.99. The number of phenols is 1. The van der Waals surface area contributed by atoms with Crippen molar-refractivity contribution in [2.24, 2.45) is 0 Å². The Kier molecular flexibility index (Phi) is 4.82. The van der Waals surface area contributed by atoms with Crippen molar-refractivity contribution in [2.75, 3.05) is 5.32 Å². The number of nitrogens with zero attached hydrogens (tertiary/aromatic N) is 1. The number of hydrogen-bond donors (Lipinski definition) is 3. The summed E-state index contributed by atoms with van der Waals surface area (Å²) in [5, 5.41) is 32.2. The van der Waals surface area contributed by atoms with Gasteiger partial charge in [0.25, 0.3) is 11.6 Å². The van der Waals surface area contributed by atoms with Gasteiger partial charge in [0.2, 0.25) is 0 Å². The third-order valence-electron chi connectivity index (χ3n) is 3.93. The standard InChI is InChI=1S/C19H14N2O7/c1-10-2-4-12(14(8-10)21(26)27)16-6-7-17(28-16)18(23)20-11-3-5-15(22)13(9-11)19(24)25/h2-9,22H,1H3,(H,20,23)(H,24,25). The second-order valence-corrected chi connectivity index (χ2v) is 5.93. The van der Waals surface area contributed by atoms with Crippen molar-refractivity contribution in [1.82, 2.24) is 0 Å². The number of benzene rings is 2. The Hall–Kier alpha value is -4.14. The first-order valence-corrected chi connectivity index (χ1v) is 7.99. The molecule has 0 unspecified atom stereocenters. The first-order chi connectivity index (χ1) is 13.3. The van der Waals surface area contributed by atoms with E-state index in [0.29, 0.717) is 5.56 Å². The van der Waals surface area contributed by atoms with Crippen LogP contribution in [0.3, 0.4) is 0 Å². The molecule has 1 aromatic heterocycles. The van der Waals surface area contributed by atoms with E-state index in [1.807, 2.05) is 0 Å². The van der Waals surface area contributed by atoms with Gasteiger partial charge in [-0.2, -0.15) is 0 Å². The van der Waals surface area contributed by atoms with Crippen LogP contribution in [0.25, 0.3) is 11.3 Å². The number of furan rings is 1. The minimum atomic E-state index is -1.35. The van der Waals surface area contributed by atoms with Gasteiger partial charge >= 0.3 is 5.97 Å². The second kappa shape index (κ2) is 7.23. The van der Waals surface area contributed by atoms with E-state index >= 15 is 0 Å². The number of rotatable bonds is 5. The molecule has 3 rings (SSSR count). The van der Waals surface area contributed by atoms with E-state index in [4.69, 9.17) is 9.52 Å². The number of aryl methyl sites for hydroxylation is 1. The lowest BCUT2D eigenvalue weighted by molar-refractivity contribution is -0.384. The maximum atomic E-state index is 12.3. The second-order valence-electron chi connectivity index (χ2n) is 5.93. The van der Waals surface area contributed by atoms with E-state index in [0.717, 1.165) is 12.1 Å². The van der Waals surface area contributed by atoms with E-state index < -0.39 is 22.5 Å². The molecule has 0 bridgehead atoms. The molecule has 0 radical (unpaired) electrons. The lowest BCUT2D eigenvalue weighted by Crippen LogP contribution is -2.11. The van der Waals surface area contributed by atoms with Gasteiger partial charge in [-0.3, -0.25) is 14.9 Å². The molecule has 3 N–H and O–H groups in total. The Balaban J connectivity index is 1.87. The van der Waals surface area contributed by atoms with Gasteiger partial charge in [-0.15, -0.1) is 0 Å². The molecule has 1 amide bonds. The lowest BCUT2D eigenvalue weighted by atomic mass is 10.1. The summed E-state index contributed by atoms with van der Waals surface area (Å²) in [6, 6.07) is 11.0. The number of nitrogens with one attached hydrogen (secondary N) is 1. The summed E-state index contributed by atoms with van der Waals surface area (Å²) in [6.45, 7) is 1.72. The van der Waals surface area contributed by atoms with Gasteiger partial charge in [-0.1, -0.05) is 6.07 Å². The van der Waals surface area contributed by atoms with E-state index in [2.05, 4.69) is 5.32 Å². The summed E-state index contributed by atoms with van der Waals surface area (Å²) < 4.78 is 5.45. The Morgan fingerprint density at radius 2 is 1.86 bits per heavy atom. The van der Waals surface area contributed by atoms with Crippen LogP contribution in [0.2, 0.25) is 0 Å². The molecule has 2 aromatic carbocycles. The predicted molar refractivity (Wildman–Crippen MR) is 98.6 cm³/mol. The highest BCUT2D eigenvalue weighted by molar-refractivity contribution is 6.03. The summed E-state index contributed by atoms with van der Waals surface area (Å²) in [5.74, 6) is -2.43. The van der Waals surface area contributed by atoms with Crippen LogP contribution in [0.5, 0.6) is 5.75 Å². The van der Waals surface area contributed by atoms with Crippen LogP contribution in [-0.4, -0.2) is 27.0 Å². The zero-order chi connectivity index (χ0) is 20.4. The summed E-state index contributed by atoms with van der Waals surface area (Å²) in [4.78, 5) is 34.1. The number of aromatic hydroxyl groups is 1. The molecule has 1 heterocycles. The fourth-order valence-corrected chi connectivity index (χ4v) is 2.58. The molecule has 9 nitrogen and oxygen atoms in total. The number of nitro benzene ring substituents is 1. The number of anilines is 1. The van der Waals surface area contributed by atoms with E-state index in [1.54, 1.807) is 13.0 Å². The zero-order valence-electron chi connectivity index (χ0n) is 14.5. The zero-order valence-corrected chi connectivity index (χ0v) is 14.5. The fourth-order valence-electron chi connectivity index (χ4n) is 2.58. The van der Waals surface area contributed by atoms with Gasteiger partial charge in [0.05, 0.1) is 10.5 Å². The number of hydrogen-bond acceptors (Lipinski definition) is 6. The van der Waals surface area contributed by atoms with Gasteiger partial charge < -0.3 is 19.9 Å². The Morgan fingerprint density at radius 1 is 1.11 bits per heavy atom. The van der Waals surface area contributed by atoms with Crippen LogP contribution in [-0.2, 0) is 0 Å². The SMILES string of the molecule is Cc1ccc(-c2ccc(C(=O)Nc3ccc(O)c(C(=O)O)c3)o2)c([N+](=O)[O-])c1. The average Bonchev–Trinajstić information content (AvgIpc) is 3.13. The maximum Gasteiger partial charge on any atom is 0.339 e. The van der Waals surface area contributed by atoms with E-state index in [9.17, 15) is 24.8 Å². The highest BCUT2D eigenvalue weighted by Gasteiger charge is 2.20. The van der Waals surface area contributed by atoms with E-state index in [-0.39, 0.29) is 34.0 Å². The lowest BCUT2D eigenvalue weighted by Gasteiger charge is -2.06. The van der Waals surface area contributed by atoms with Crippen molar-refractivity contribution in [3.63, 3.8) is 0 Å². The summed E-state index contributed by atoms with van der Waals surface area (Å²) in [5.41, 5.74) is 0.563. The van der Waals surface area contributed by atoms with Crippen molar-refractivity contribution < 1.29 is 29.1 Å². The number of carbonyl (C=O) groups excluding carboxylic acids is 1. The molecule has 0 saturated carbocycles. The van der Waals surface area contributed by atoms with Crippen molar-refractivity contribution in [3.8, 4) is 17.1 Å². The molecule has 0 aliphatic rings. The summed E-state index contributed by atoms with van der Waals surface area (Å²) in [6.07, 6.45) is 0. The molecule has 0 atom stereocenters. The minimum Gasteiger partial charge on any atom is -0.507 e. The number of amides is 1. The average molecular weight is 382 g/mol. The molecule has 0 fully saturated rings. The summed E-state index contributed by atoms with van der Waals surface area (Å²) >= 11 is 0. The van der Waals surface area contributed by atoms with Crippen LogP contribution in [0.4, 0.5) is 11.4 Å². The van der Waals surface area contributed by atoms with Gasteiger partial charge in [-0.05, 0) is 48.9 Å². The molecular formula is C19H14N2O7. The normalized spacial score (nSPS) is 10.5. The highest BCUT2D eigenvalue weighted by Crippen LogP contribution is 2.32. The summed E-state index contributed by atoms with van der Waals surface area (Å²) in [7, 11) is 0. The number of carbonyl (C=O) groups is 2. The van der Waals surface area contributed by atoms with Crippen molar-refractivity contribution in [2.45, 2.75) is 6.92 Å². The molecular weight excluding hydrogens is 368 g/mol. The van der Waals surface area contributed by atoms with Gasteiger partial charge in [0.15, 0.2) is 5.76 Å². The molecule has 3 aromatic rings. The molecule has 9 heteroatoms. The fraction of sp³-hybridized carbons (Fsp3) is 0.0526. The Morgan fingerprint density at radius 3 is 2.54 bits per heavy atom. The molecule has 0 aliphatic carbocycles. The van der Waals surface area contributed by atoms with Crippen molar-refractivity contribution >= 4 is 23.3 Å². The van der Waals surface area contributed by atoms with Gasteiger partial charge in [0, 0.05) is 11.8 Å². The molecule has 0 aliphatic heterocycles. The Labute approximate surface area is 158 Å². The van der Waals surface area contributed by atoms with Crippen LogP contribution in [0.15, 0.2) is 52.9 Å². The monoisotopic (exact) mass is 382 g/mol. The predicted octanol–water partition coefficient (Wildman–Crippen LogP) is 3.82. The molecule has 28 heavy (non-hydrogen) atoms. The first kappa shape index (κ1) is 18.6. The van der Waals surface area contributed by atoms with Gasteiger partial charge in [-0.25, -0.2) is 4.79 Å². The minimum absolute atomic E-state index is 0.116.